The maximum absolute atomic E-state index is 12.1. The first-order valence-electron chi connectivity index (χ1n) is 7.40. The minimum absolute atomic E-state index is 0.321. The van der Waals surface area contributed by atoms with Crippen LogP contribution in [0.1, 0.15) is 15.9 Å². The van der Waals surface area contributed by atoms with Crippen molar-refractivity contribution in [1.82, 2.24) is 0 Å². The molecule has 3 aromatic rings. The average Bonchev–Trinajstić information content (AvgIpc) is 2.59. The van der Waals surface area contributed by atoms with Crippen LogP contribution in [0.3, 0.4) is 0 Å². The van der Waals surface area contributed by atoms with E-state index in [2.05, 4.69) is 6.07 Å². The molecule has 3 heteroatoms. The molecule has 0 bridgehead atoms. The highest BCUT2D eigenvalue weighted by Gasteiger charge is 2.15. The molecule has 3 rings (SSSR count). The molecule has 0 aliphatic rings. The summed E-state index contributed by atoms with van der Waals surface area (Å²) in [5.41, 5.74) is 3.54. The third-order valence-electron chi connectivity index (χ3n) is 4.01. The van der Waals surface area contributed by atoms with Gasteiger partial charge in [0, 0.05) is 0 Å². The Kier molecular flexibility index (Phi) is 4.02. The van der Waals surface area contributed by atoms with E-state index in [0.717, 1.165) is 33.2 Å². The van der Waals surface area contributed by atoms with Crippen molar-refractivity contribution >= 4 is 16.7 Å². The topological polar surface area (TPSA) is 35.5 Å². The van der Waals surface area contributed by atoms with E-state index >= 15 is 0 Å². The summed E-state index contributed by atoms with van der Waals surface area (Å²) in [7, 11) is 3.06. The Morgan fingerprint density at radius 2 is 1.65 bits per heavy atom. The number of hydrogen-bond donors (Lipinski definition) is 0. The number of carbonyl (C=O) groups excluding carboxylic acids is 1. The number of aryl methyl sites for hydroxylation is 1. The van der Waals surface area contributed by atoms with Gasteiger partial charge in [-0.1, -0.05) is 30.3 Å². The van der Waals surface area contributed by atoms with Crippen molar-refractivity contribution in [3.8, 4) is 16.9 Å². The molecular weight excluding hydrogens is 288 g/mol. The molecule has 0 atom stereocenters. The lowest BCUT2D eigenvalue weighted by Gasteiger charge is -2.12. The molecule has 0 spiro atoms. The molecule has 0 unspecified atom stereocenters. The van der Waals surface area contributed by atoms with Crippen molar-refractivity contribution in [1.29, 1.82) is 0 Å². The number of hydrogen-bond acceptors (Lipinski definition) is 3. The van der Waals surface area contributed by atoms with E-state index in [1.54, 1.807) is 13.2 Å². The number of esters is 1. The predicted molar refractivity (Wildman–Crippen MR) is 92.0 cm³/mol. The first kappa shape index (κ1) is 15.1. The van der Waals surface area contributed by atoms with Crippen molar-refractivity contribution in [3.05, 3.63) is 65.7 Å². The van der Waals surface area contributed by atoms with E-state index in [9.17, 15) is 4.79 Å². The maximum Gasteiger partial charge on any atom is 0.338 e. The van der Waals surface area contributed by atoms with Crippen molar-refractivity contribution < 1.29 is 14.3 Å². The summed E-state index contributed by atoms with van der Waals surface area (Å²) in [6, 6.07) is 17.8. The zero-order valence-corrected chi connectivity index (χ0v) is 13.4. The minimum atomic E-state index is -0.321. The number of methoxy groups -OCH3 is 2. The normalized spacial score (nSPS) is 10.6. The lowest BCUT2D eigenvalue weighted by Crippen LogP contribution is -2.04. The van der Waals surface area contributed by atoms with E-state index in [4.69, 9.17) is 9.47 Å². The number of carbonyl (C=O) groups is 1. The Morgan fingerprint density at radius 1 is 0.913 bits per heavy atom. The summed E-state index contributed by atoms with van der Waals surface area (Å²) in [4.78, 5) is 12.1. The van der Waals surface area contributed by atoms with Gasteiger partial charge in [0.25, 0.3) is 0 Å². The number of fused-ring (bicyclic) bond motifs is 1. The molecule has 0 heterocycles. The molecule has 0 fully saturated rings. The SMILES string of the molecule is COC(=O)c1cccc(C)c1-c1ccc2cc(OC)ccc2c1. The Labute approximate surface area is 135 Å². The van der Waals surface area contributed by atoms with Gasteiger partial charge in [0.2, 0.25) is 0 Å². The Morgan fingerprint density at radius 3 is 2.39 bits per heavy atom. The van der Waals surface area contributed by atoms with Crippen LogP contribution in [0.5, 0.6) is 5.75 Å². The quantitative estimate of drug-likeness (QED) is 0.663. The van der Waals surface area contributed by atoms with Gasteiger partial charge in [0.15, 0.2) is 0 Å². The number of ether oxygens (including phenoxy) is 2. The first-order valence-corrected chi connectivity index (χ1v) is 7.40. The van der Waals surface area contributed by atoms with Gasteiger partial charge in [0.1, 0.15) is 5.75 Å². The van der Waals surface area contributed by atoms with Gasteiger partial charge >= 0.3 is 5.97 Å². The highest BCUT2D eigenvalue weighted by Crippen LogP contribution is 2.31. The van der Waals surface area contributed by atoms with Gasteiger partial charge in [-0.3, -0.25) is 0 Å². The maximum atomic E-state index is 12.1. The van der Waals surface area contributed by atoms with Gasteiger partial charge in [0.05, 0.1) is 19.8 Å². The fraction of sp³-hybridized carbons (Fsp3) is 0.150. The van der Waals surface area contributed by atoms with Gasteiger partial charge in [-0.25, -0.2) is 4.79 Å². The average molecular weight is 306 g/mol. The van der Waals surface area contributed by atoms with Crippen LogP contribution in [0.4, 0.5) is 0 Å². The van der Waals surface area contributed by atoms with E-state index < -0.39 is 0 Å². The molecule has 3 nitrogen and oxygen atoms in total. The van der Waals surface area contributed by atoms with Crippen LogP contribution in [-0.2, 0) is 4.74 Å². The fourth-order valence-electron chi connectivity index (χ4n) is 2.84. The summed E-state index contributed by atoms with van der Waals surface area (Å²) in [5.74, 6) is 0.509. The lowest BCUT2D eigenvalue weighted by atomic mass is 9.93. The second-order valence-corrected chi connectivity index (χ2v) is 5.42. The van der Waals surface area contributed by atoms with Crippen LogP contribution in [0.2, 0.25) is 0 Å². The Bertz CT molecular complexity index is 881. The summed E-state index contributed by atoms with van der Waals surface area (Å²) in [6.45, 7) is 2.00. The lowest BCUT2D eigenvalue weighted by molar-refractivity contribution is 0.0601. The Hall–Kier alpha value is -2.81. The standard InChI is InChI=1S/C20H18O3/c1-13-5-4-6-18(20(21)23-3)19(13)16-8-7-15-12-17(22-2)10-9-14(15)11-16/h4-12H,1-3H3. The van der Waals surface area contributed by atoms with Gasteiger partial charge in [-0.15, -0.1) is 0 Å². The molecule has 0 saturated heterocycles. The highest BCUT2D eigenvalue weighted by atomic mass is 16.5. The van der Waals surface area contributed by atoms with Crippen LogP contribution in [-0.4, -0.2) is 20.2 Å². The van der Waals surface area contributed by atoms with Crippen LogP contribution in [0, 0.1) is 6.92 Å². The van der Waals surface area contributed by atoms with Crippen molar-refractivity contribution in [2.24, 2.45) is 0 Å². The second-order valence-electron chi connectivity index (χ2n) is 5.42. The van der Waals surface area contributed by atoms with Crippen LogP contribution < -0.4 is 4.74 Å². The molecular formula is C20H18O3. The fourth-order valence-corrected chi connectivity index (χ4v) is 2.84. The van der Waals surface area contributed by atoms with Crippen LogP contribution in [0.15, 0.2) is 54.6 Å². The van der Waals surface area contributed by atoms with Crippen LogP contribution in [0.25, 0.3) is 21.9 Å². The van der Waals surface area contributed by atoms with E-state index in [0.29, 0.717) is 5.56 Å². The number of rotatable bonds is 3. The van der Waals surface area contributed by atoms with E-state index in [-0.39, 0.29) is 5.97 Å². The highest BCUT2D eigenvalue weighted by molar-refractivity contribution is 5.99. The monoisotopic (exact) mass is 306 g/mol. The van der Waals surface area contributed by atoms with Crippen LogP contribution >= 0.6 is 0 Å². The smallest absolute Gasteiger partial charge is 0.338 e. The predicted octanol–water partition coefficient (Wildman–Crippen LogP) is 4.61. The Balaban J connectivity index is 2.19. The number of benzene rings is 3. The third-order valence-corrected chi connectivity index (χ3v) is 4.01. The third kappa shape index (κ3) is 2.78. The molecule has 3 aromatic carbocycles. The molecule has 23 heavy (non-hydrogen) atoms. The minimum Gasteiger partial charge on any atom is -0.497 e. The molecule has 116 valence electrons. The molecule has 0 aliphatic carbocycles. The second kappa shape index (κ2) is 6.13. The van der Waals surface area contributed by atoms with Gasteiger partial charge in [-0.2, -0.15) is 0 Å². The largest absolute Gasteiger partial charge is 0.497 e. The molecule has 0 radical (unpaired) electrons. The zero-order chi connectivity index (χ0) is 16.4. The summed E-state index contributed by atoms with van der Waals surface area (Å²) >= 11 is 0. The summed E-state index contributed by atoms with van der Waals surface area (Å²) in [5, 5.41) is 2.20. The van der Waals surface area contributed by atoms with Gasteiger partial charge < -0.3 is 9.47 Å². The van der Waals surface area contributed by atoms with Gasteiger partial charge in [-0.05, 0) is 58.7 Å². The molecule has 0 saturated carbocycles. The molecule has 0 N–H and O–H groups in total. The van der Waals surface area contributed by atoms with Crippen molar-refractivity contribution in [2.75, 3.05) is 14.2 Å². The molecule has 0 aliphatic heterocycles. The molecule has 0 amide bonds. The molecule has 0 aromatic heterocycles. The van der Waals surface area contributed by atoms with E-state index in [1.807, 2.05) is 49.4 Å². The van der Waals surface area contributed by atoms with E-state index in [1.165, 1.54) is 7.11 Å². The summed E-state index contributed by atoms with van der Waals surface area (Å²) < 4.78 is 10.2. The van der Waals surface area contributed by atoms with Crippen molar-refractivity contribution in [2.45, 2.75) is 6.92 Å². The zero-order valence-electron chi connectivity index (χ0n) is 13.4. The summed E-state index contributed by atoms with van der Waals surface area (Å²) in [6.07, 6.45) is 0. The van der Waals surface area contributed by atoms with Crippen molar-refractivity contribution in [3.63, 3.8) is 0 Å². The first-order chi connectivity index (χ1) is 11.1.